The zero-order valence-corrected chi connectivity index (χ0v) is 11.6. The maximum Gasteiger partial charge on any atom is 0.254 e. The van der Waals surface area contributed by atoms with Gasteiger partial charge in [-0.05, 0) is 43.1 Å². The van der Waals surface area contributed by atoms with E-state index in [-0.39, 0.29) is 5.91 Å². The number of carbonyl (C=O) groups excluding carboxylic acids is 1. The third-order valence-electron chi connectivity index (χ3n) is 4.47. The lowest BCUT2D eigenvalue weighted by Gasteiger charge is -2.20. The molecule has 1 aromatic carbocycles. The van der Waals surface area contributed by atoms with Crippen molar-refractivity contribution in [2.75, 3.05) is 27.2 Å². The molecule has 0 spiro atoms. The second kappa shape index (κ2) is 4.62. The summed E-state index contributed by atoms with van der Waals surface area (Å²) >= 11 is 0. The molecule has 2 heterocycles. The van der Waals surface area contributed by atoms with Gasteiger partial charge in [0, 0.05) is 31.7 Å². The molecule has 2 aliphatic heterocycles. The van der Waals surface area contributed by atoms with E-state index >= 15 is 0 Å². The van der Waals surface area contributed by atoms with Gasteiger partial charge in [0.1, 0.15) is 0 Å². The van der Waals surface area contributed by atoms with Gasteiger partial charge in [0.15, 0.2) is 0 Å². The number of benzene rings is 1. The van der Waals surface area contributed by atoms with Crippen LogP contribution in [0, 0.1) is 5.92 Å². The lowest BCUT2D eigenvalue weighted by atomic mass is 9.97. The van der Waals surface area contributed by atoms with Crippen molar-refractivity contribution in [2.24, 2.45) is 11.7 Å². The van der Waals surface area contributed by atoms with Crippen LogP contribution in [-0.4, -0.2) is 42.9 Å². The molecule has 0 radical (unpaired) electrons. The van der Waals surface area contributed by atoms with Crippen LogP contribution >= 0.6 is 0 Å². The number of carbonyl (C=O) groups is 1. The Morgan fingerprint density at radius 1 is 1.37 bits per heavy atom. The van der Waals surface area contributed by atoms with Crippen molar-refractivity contribution in [3.63, 3.8) is 0 Å². The van der Waals surface area contributed by atoms with E-state index in [1.54, 1.807) is 4.90 Å². The summed E-state index contributed by atoms with van der Waals surface area (Å²) in [5.74, 6) is 0.717. The molecule has 4 heteroatoms. The van der Waals surface area contributed by atoms with Crippen LogP contribution in [-0.2, 0) is 6.54 Å². The number of nitrogens with two attached hydrogens (primary N) is 1. The van der Waals surface area contributed by atoms with Gasteiger partial charge in [-0.1, -0.05) is 12.1 Å². The van der Waals surface area contributed by atoms with E-state index in [1.165, 1.54) is 5.56 Å². The summed E-state index contributed by atoms with van der Waals surface area (Å²) < 4.78 is 0. The first kappa shape index (κ1) is 12.6. The number of rotatable bonds is 2. The minimum absolute atomic E-state index is 0.146. The lowest BCUT2D eigenvalue weighted by Crippen LogP contribution is -2.21. The van der Waals surface area contributed by atoms with Crippen molar-refractivity contribution in [3.8, 4) is 0 Å². The summed E-state index contributed by atoms with van der Waals surface area (Å²) in [6.07, 6.45) is 1.09. The van der Waals surface area contributed by atoms with Crippen LogP contribution < -0.4 is 5.73 Å². The van der Waals surface area contributed by atoms with Gasteiger partial charge in [-0.2, -0.15) is 0 Å². The van der Waals surface area contributed by atoms with Crippen molar-refractivity contribution >= 4 is 5.91 Å². The lowest BCUT2D eigenvalue weighted by molar-refractivity contribution is 0.0816. The van der Waals surface area contributed by atoms with Crippen LogP contribution in [0.5, 0.6) is 0 Å². The minimum atomic E-state index is 0.146. The van der Waals surface area contributed by atoms with Crippen LogP contribution in [0.25, 0.3) is 0 Å². The number of nitrogens with zero attached hydrogens (tertiary/aromatic N) is 2. The SMILES string of the molecule is CN1Cc2ccc(C3CC(CN)CN3C)cc2C1=O. The molecule has 1 aromatic rings. The summed E-state index contributed by atoms with van der Waals surface area (Å²) in [4.78, 5) is 16.2. The second-order valence-electron chi connectivity index (χ2n) is 5.87. The molecule has 1 saturated heterocycles. The van der Waals surface area contributed by atoms with Gasteiger partial charge >= 0.3 is 0 Å². The second-order valence-corrected chi connectivity index (χ2v) is 5.87. The number of amides is 1. The third kappa shape index (κ3) is 2.05. The predicted octanol–water partition coefficient (Wildman–Crippen LogP) is 1.22. The minimum Gasteiger partial charge on any atom is -0.337 e. The molecule has 102 valence electrons. The van der Waals surface area contributed by atoms with E-state index in [0.29, 0.717) is 12.0 Å². The molecule has 1 amide bonds. The van der Waals surface area contributed by atoms with Gasteiger partial charge in [-0.25, -0.2) is 0 Å². The van der Waals surface area contributed by atoms with Gasteiger partial charge in [-0.15, -0.1) is 0 Å². The molecule has 1 fully saturated rings. The summed E-state index contributed by atoms with van der Waals surface area (Å²) in [5, 5.41) is 0. The first-order chi connectivity index (χ1) is 9.10. The van der Waals surface area contributed by atoms with E-state index in [4.69, 9.17) is 5.73 Å². The molecule has 0 saturated carbocycles. The number of hydrogen-bond donors (Lipinski definition) is 1. The van der Waals surface area contributed by atoms with Crippen LogP contribution in [0.15, 0.2) is 18.2 Å². The maximum atomic E-state index is 12.1. The van der Waals surface area contributed by atoms with E-state index < -0.39 is 0 Å². The quantitative estimate of drug-likeness (QED) is 0.869. The summed E-state index contributed by atoms with van der Waals surface area (Å²) in [5.41, 5.74) is 9.05. The topological polar surface area (TPSA) is 49.6 Å². The number of fused-ring (bicyclic) bond motifs is 1. The van der Waals surface area contributed by atoms with E-state index in [1.807, 2.05) is 7.05 Å². The third-order valence-corrected chi connectivity index (χ3v) is 4.47. The Balaban J connectivity index is 1.90. The Bertz CT molecular complexity index is 514. The van der Waals surface area contributed by atoms with Crippen molar-refractivity contribution < 1.29 is 4.79 Å². The van der Waals surface area contributed by atoms with Crippen molar-refractivity contribution in [1.29, 1.82) is 0 Å². The Kier molecular flexibility index (Phi) is 3.07. The average Bonchev–Trinajstić information content (AvgIpc) is 2.91. The van der Waals surface area contributed by atoms with Gasteiger partial charge < -0.3 is 10.6 Å². The fraction of sp³-hybridized carbons (Fsp3) is 0.533. The highest BCUT2D eigenvalue weighted by atomic mass is 16.2. The van der Waals surface area contributed by atoms with Crippen molar-refractivity contribution in [2.45, 2.75) is 19.0 Å². The van der Waals surface area contributed by atoms with Crippen molar-refractivity contribution in [1.82, 2.24) is 9.80 Å². The van der Waals surface area contributed by atoms with E-state index in [9.17, 15) is 4.79 Å². The summed E-state index contributed by atoms with van der Waals surface area (Å²) in [7, 11) is 4.00. The Morgan fingerprint density at radius 3 is 2.84 bits per heavy atom. The van der Waals surface area contributed by atoms with Crippen LogP contribution in [0.1, 0.15) is 33.9 Å². The average molecular weight is 259 g/mol. The first-order valence-corrected chi connectivity index (χ1v) is 6.88. The molecule has 2 unspecified atom stereocenters. The largest absolute Gasteiger partial charge is 0.337 e. The first-order valence-electron chi connectivity index (χ1n) is 6.88. The highest BCUT2D eigenvalue weighted by molar-refractivity contribution is 5.98. The molecule has 0 bridgehead atoms. The normalized spacial score (nSPS) is 27.1. The molecular weight excluding hydrogens is 238 g/mol. The van der Waals surface area contributed by atoms with Crippen LogP contribution in [0.2, 0.25) is 0 Å². The highest BCUT2D eigenvalue weighted by Crippen LogP contribution is 2.35. The molecule has 4 nitrogen and oxygen atoms in total. The monoisotopic (exact) mass is 259 g/mol. The zero-order chi connectivity index (χ0) is 13.6. The summed E-state index contributed by atoms with van der Waals surface area (Å²) in [6, 6.07) is 6.76. The Hall–Kier alpha value is -1.39. The van der Waals surface area contributed by atoms with E-state index in [2.05, 4.69) is 30.1 Å². The van der Waals surface area contributed by atoms with Crippen LogP contribution in [0.3, 0.4) is 0 Å². The van der Waals surface area contributed by atoms with E-state index in [0.717, 1.165) is 37.2 Å². The molecule has 0 aromatic heterocycles. The molecule has 2 N–H and O–H groups in total. The van der Waals surface area contributed by atoms with Gasteiger partial charge in [-0.3, -0.25) is 9.69 Å². The Labute approximate surface area is 114 Å². The molecule has 0 aliphatic carbocycles. The number of likely N-dealkylation sites (tertiary alicyclic amines) is 1. The van der Waals surface area contributed by atoms with Gasteiger partial charge in [0.05, 0.1) is 0 Å². The smallest absolute Gasteiger partial charge is 0.254 e. The molecule has 2 atom stereocenters. The van der Waals surface area contributed by atoms with Gasteiger partial charge in [0.2, 0.25) is 0 Å². The predicted molar refractivity (Wildman–Crippen MR) is 74.8 cm³/mol. The molecule has 19 heavy (non-hydrogen) atoms. The zero-order valence-electron chi connectivity index (χ0n) is 11.6. The highest BCUT2D eigenvalue weighted by Gasteiger charge is 2.31. The Morgan fingerprint density at radius 2 is 2.16 bits per heavy atom. The standard InChI is InChI=1S/C15H21N3O/c1-17-8-10(7-16)5-14(17)11-3-4-12-9-18(2)15(19)13(12)6-11/h3-4,6,10,14H,5,7-9,16H2,1-2H3. The summed E-state index contributed by atoms with van der Waals surface area (Å²) in [6.45, 7) is 2.53. The molecular formula is C15H21N3O. The fourth-order valence-corrected chi connectivity index (χ4v) is 3.34. The molecule has 3 rings (SSSR count). The molecule has 2 aliphatic rings. The maximum absolute atomic E-state index is 12.1. The number of hydrogen-bond acceptors (Lipinski definition) is 3. The fourth-order valence-electron chi connectivity index (χ4n) is 3.34. The van der Waals surface area contributed by atoms with Gasteiger partial charge in [0.25, 0.3) is 5.91 Å². The van der Waals surface area contributed by atoms with Crippen molar-refractivity contribution in [3.05, 3.63) is 34.9 Å². The van der Waals surface area contributed by atoms with Crippen LogP contribution in [0.4, 0.5) is 0 Å².